The number of para-hydroxylation sites is 2. The van der Waals surface area contributed by atoms with Crippen LogP contribution >= 0.6 is 0 Å². The minimum absolute atomic E-state index is 0.123. The van der Waals surface area contributed by atoms with Crippen LogP contribution in [0.25, 0.3) is 22.3 Å². The average Bonchev–Trinajstić information content (AvgIpc) is 2.93. The Labute approximate surface area is 213 Å². The number of phenols is 2. The highest BCUT2D eigenvalue weighted by molar-refractivity contribution is 5.88. The second kappa shape index (κ2) is 11.2. The molecule has 1 fully saturated rings. The predicted octanol–water partition coefficient (Wildman–Crippen LogP) is 6.95. The van der Waals surface area contributed by atoms with Gasteiger partial charge in [0, 0.05) is 41.1 Å². The van der Waals surface area contributed by atoms with E-state index in [2.05, 4.69) is 5.32 Å². The van der Waals surface area contributed by atoms with Crippen LogP contribution in [0, 0.1) is 0 Å². The van der Waals surface area contributed by atoms with Gasteiger partial charge in [0.1, 0.15) is 11.5 Å². The quantitative estimate of drug-likeness (QED) is 0.253. The van der Waals surface area contributed by atoms with E-state index in [0.29, 0.717) is 12.3 Å². The van der Waals surface area contributed by atoms with E-state index < -0.39 is 0 Å². The maximum absolute atomic E-state index is 10.9. The van der Waals surface area contributed by atoms with Crippen LogP contribution in [0.4, 0.5) is 0 Å². The highest BCUT2D eigenvalue weighted by Crippen LogP contribution is 2.33. The van der Waals surface area contributed by atoms with Crippen molar-refractivity contribution in [3.05, 3.63) is 108 Å². The molecule has 182 valence electrons. The molecule has 1 saturated carbocycles. The summed E-state index contributed by atoms with van der Waals surface area (Å²) in [5.74, 6) is 0.588. The monoisotopic (exact) mass is 476 g/mol. The van der Waals surface area contributed by atoms with Gasteiger partial charge in [0.25, 0.3) is 0 Å². The Morgan fingerprint density at radius 2 is 1.31 bits per heavy atom. The number of phenolic OH excluding ortho intramolecular Hbond substituents is 2. The fourth-order valence-corrected chi connectivity index (χ4v) is 5.05. The second-order valence-corrected chi connectivity index (χ2v) is 9.41. The van der Waals surface area contributed by atoms with Gasteiger partial charge in [-0.3, -0.25) is 4.99 Å². The van der Waals surface area contributed by atoms with Crippen molar-refractivity contribution in [2.24, 2.45) is 4.99 Å². The van der Waals surface area contributed by atoms with Gasteiger partial charge in [0.05, 0.1) is 6.04 Å². The summed E-state index contributed by atoms with van der Waals surface area (Å²) in [7, 11) is 0. The molecule has 2 atom stereocenters. The van der Waals surface area contributed by atoms with Crippen molar-refractivity contribution in [1.29, 1.82) is 0 Å². The Bertz CT molecular complexity index is 1320. The average molecular weight is 477 g/mol. The van der Waals surface area contributed by atoms with Crippen molar-refractivity contribution in [1.82, 2.24) is 5.32 Å². The van der Waals surface area contributed by atoms with Crippen LogP contribution in [-0.4, -0.2) is 28.5 Å². The summed E-state index contributed by atoms with van der Waals surface area (Å²) in [6.45, 7) is 0.581. The van der Waals surface area contributed by atoms with Gasteiger partial charge in [-0.05, 0) is 30.0 Å². The topological polar surface area (TPSA) is 64.9 Å². The number of aromatic hydroxyl groups is 2. The molecule has 0 saturated heterocycles. The molecule has 0 amide bonds. The third-order valence-corrected chi connectivity index (χ3v) is 7.05. The predicted molar refractivity (Wildman–Crippen MR) is 148 cm³/mol. The van der Waals surface area contributed by atoms with E-state index in [0.717, 1.165) is 59.1 Å². The standard InChI is InChI=1S/C32H32N2O2/c35-31-25(15-9-17-27(31)23-11-3-1-4-12-23)21-33-29-19-7-8-20-30(29)34-22-26-16-10-18-28(32(26)36)24-13-5-2-6-14-24/h1-6,9-18,21,29-30,34-36H,7-8,19-20,22H2/b33-21+/t29-,30?/m1/s1. The molecule has 5 rings (SSSR count). The van der Waals surface area contributed by atoms with Gasteiger partial charge in [0.2, 0.25) is 0 Å². The highest BCUT2D eigenvalue weighted by Gasteiger charge is 2.24. The Morgan fingerprint density at radius 1 is 0.694 bits per heavy atom. The zero-order chi connectivity index (χ0) is 24.7. The zero-order valence-electron chi connectivity index (χ0n) is 20.3. The molecule has 0 aliphatic heterocycles. The van der Waals surface area contributed by atoms with Crippen LogP contribution in [0.1, 0.15) is 36.8 Å². The molecule has 0 aromatic heterocycles. The molecule has 4 aromatic rings. The van der Waals surface area contributed by atoms with E-state index in [1.165, 1.54) is 0 Å². The molecule has 0 bridgehead atoms. The number of hydrogen-bond acceptors (Lipinski definition) is 4. The number of rotatable bonds is 7. The summed E-state index contributed by atoms with van der Waals surface area (Å²) in [5.41, 5.74) is 5.27. The largest absolute Gasteiger partial charge is 0.507 e. The van der Waals surface area contributed by atoms with Crippen LogP contribution in [0.2, 0.25) is 0 Å². The Kier molecular flexibility index (Phi) is 7.44. The second-order valence-electron chi connectivity index (χ2n) is 9.41. The number of nitrogens with zero attached hydrogens (tertiary/aromatic N) is 1. The summed E-state index contributed by atoms with van der Waals surface area (Å²) < 4.78 is 0. The molecule has 0 heterocycles. The Morgan fingerprint density at radius 3 is 2.00 bits per heavy atom. The summed E-state index contributed by atoms with van der Waals surface area (Å²) >= 11 is 0. The lowest BCUT2D eigenvalue weighted by Gasteiger charge is -2.30. The first-order valence-electron chi connectivity index (χ1n) is 12.7. The Balaban J connectivity index is 1.30. The van der Waals surface area contributed by atoms with Crippen molar-refractivity contribution >= 4 is 6.21 Å². The van der Waals surface area contributed by atoms with Gasteiger partial charge in [-0.15, -0.1) is 0 Å². The minimum Gasteiger partial charge on any atom is -0.507 e. The summed E-state index contributed by atoms with van der Waals surface area (Å²) in [4.78, 5) is 4.92. The first-order chi connectivity index (χ1) is 17.7. The summed E-state index contributed by atoms with van der Waals surface area (Å²) in [5, 5.41) is 25.5. The van der Waals surface area contributed by atoms with Gasteiger partial charge >= 0.3 is 0 Å². The van der Waals surface area contributed by atoms with E-state index in [1.807, 2.05) is 103 Å². The Hall–Kier alpha value is -3.89. The molecular weight excluding hydrogens is 444 g/mol. The lowest BCUT2D eigenvalue weighted by Crippen LogP contribution is -2.40. The van der Waals surface area contributed by atoms with Crippen molar-refractivity contribution < 1.29 is 10.2 Å². The summed E-state index contributed by atoms with van der Waals surface area (Å²) in [6, 6.07) is 32.0. The SMILES string of the molecule is Oc1c(/C=N/[C@@H]2CCCCC2NCc2cccc(-c3ccccc3)c2O)cccc1-c1ccccc1. The third-order valence-electron chi connectivity index (χ3n) is 7.05. The fraction of sp³-hybridized carbons (Fsp3) is 0.219. The molecular formula is C32H32N2O2. The maximum Gasteiger partial charge on any atom is 0.132 e. The van der Waals surface area contributed by atoms with Gasteiger partial charge in [0.15, 0.2) is 0 Å². The fourth-order valence-electron chi connectivity index (χ4n) is 5.05. The lowest BCUT2D eigenvalue weighted by molar-refractivity contribution is 0.327. The van der Waals surface area contributed by atoms with Crippen LogP contribution in [0.5, 0.6) is 11.5 Å². The molecule has 4 aromatic carbocycles. The number of hydrogen-bond donors (Lipinski definition) is 3. The molecule has 3 N–H and O–H groups in total. The molecule has 0 radical (unpaired) electrons. The summed E-state index contributed by atoms with van der Waals surface area (Å²) in [6.07, 6.45) is 6.17. The van der Waals surface area contributed by atoms with E-state index in [-0.39, 0.29) is 17.8 Å². The third kappa shape index (κ3) is 5.34. The first-order valence-corrected chi connectivity index (χ1v) is 12.7. The van der Waals surface area contributed by atoms with Crippen molar-refractivity contribution in [2.75, 3.05) is 0 Å². The number of aliphatic imine (C=N–C) groups is 1. The van der Waals surface area contributed by atoms with Crippen molar-refractivity contribution in [3.8, 4) is 33.8 Å². The smallest absolute Gasteiger partial charge is 0.132 e. The van der Waals surface area contributed by atoms with Gasteiger partial charge in [-0.25, -0.2) is 0 Å². The van der Waals surface area contributed by atoms with Crippen LogP contribution in [-0.2, 0) is 6.54 Å². The molecule has 4 heteroatoms. The first kappa shape index (κ1) is 23.8. The van der Waals surface area contributed by atoms with Gasteiger partial charge in [-0.1, -0.05) is 104 Å². The zero-order valence-corrected chi connectivity index (χ0v) is 20.3. The molecule has 0 spiro atoms. The molecule has 4 nitrogen and oxygen atoms in total. The minimum atomic E-state index is 0.123. The lowest BCUT2D eigenvalue weighted by atomic mass is 9.90. The highest BCUT2D eigenvalue weighted by atomic mass is 16.3. The molecule has 36 heavy (non-hydrogen) atoms. The molecule has 1 aliphatic carbocycles. The molecule has 1 unspecified atom stereocenters. The van der Waals surface area contributed by atoms with E-state index in [1.54, 1.807) is 0 Å². The van der Waals surface area contributed by atoms with Crippen molar-refractivity contribution in [3.63, 3.8) is 0 Å². The maximum atomic E-state index is 10.9. The van der Waals surface area contributed by atoms with Crippen LogP contribution < -0.4 is 5.32 Å². The van der Waals surface area contributed by atoms with Gasteiger partial charge < -0.3 is 15.5 Å². The number of benzene rings is 4. The van der Waals surface area contributed by atoms with Crippen LogP contribution in [0.3, 0.4) is 0 Å². The van der Waals surface area contributed by atoms with E-state index in [9.17, 15) is 10.2 Å². The van der Waals surface area contributed by atoms with E-state index in [4.69, 9.17) is 4.99 Å². The van der Waals surface area contributed by atoms with Gasteiger partial charge in [-0.2, -0.15) is 0 Å². The van der Waals surface area contributed by atoms with Crippen molar-refractivity contribution in [2.45, 2.75) is 44.3 Å². The molecule has 1 aliphatic rings. The van der Waals surface area contributed by atoms with E-state index >= 15 is 0 Å². The normalized spacial score (nSPS) is 17.9. The number of nitrogens with one attached hydrogen (secondary N) is 1. The van der Waals surface area contributed by atoms with Crippen LogP contribution in [0.15, 0.2) is 102 Å².